The van der Waals surface area contributed by atoms with Gasteiger partial charge in [0.15, 0.2) is 0 Å². The fourth-order valence-corrected chi connectivity index (χ4v) is 6.08. The molecule has 1 amide bonds. The van der Waals surface area contributed by atoms with Crippen LogP contribution in [0, 0.1) is 0 Å². The molecule has 35 heavy (non-hydrogen) atoms. The zero-order chi connectivity index (χ0) is 24.1. The van der Waals surface area contributed by atoms with Crippen molar-refractivity contribution in [3.8, 4) is 0 Å². The quantitative estimate of drug-likeness (QED) is 0.442. The Balaban J connectivity index is 1.30. The second kappa shape index (κ2) is 10.8. The molecule has 2 N–H and O–H groups in total. The number of carbonyl (C=O) groups excluding carboxylic acids is 1. The van der Waals surface area contributed by atoms with Gasteiger partial charge in [0.05, 0.1) is 6.54 Å². The average Bonchev–Trinajstić information content (AvgIpc) is 3.38. The van der Waals surface area contributed by atoms with Crippen molar-refractivity contribution in [2.75, 3.05) is 18.4 Å². The van der Waals surface area contributed by atoms with E-state index < -0.39 is 5.60 Å². The molecule has 2 aliphatic rings. The summed E-state index contributed by atoms with van der Waals surface area (Å²) < 4.78 is 0. The van der Waals surface area contributed by atoms with Crippen LogP contribution in [0.3, 0.4) is 0 Å². The Morgan fingerprint density at radius 3 is 2.00 bits per heavy atom. The highest BCUT2D eigenvalue weighted by Gasteiger charge is 2.45. The third-order valence-electron chi connectivity index (χ3n) is 7.89. The number of aliphatic hydroxyl groups is 1. The van der Waals surface area contributed by atoms with Crippen LogP contribution in [0.1, 0.15) is 67.6 Å². The smallest absolute Gasteiger partial charge is 0.238 e. The van der Waals surface area contributed by atoms with Crippen LogP contribution in [0.15, 0.2) is 84.9 Å². The number of carbonyl (C=O) groups is 1. The number of hydrogen-bond acceptors (Lipinski definition) is 3. The molecular weight excluding hydrogens is 432 g/mol. The van der Waals surface area contributed by atoms with E-state index in [2.05, 4.69) is 22.3 Å². The van der Waals surface area contributed by atoms with Gasteiger partial charge in [-0.3, -0.25) is 9.69 Å². The van der Waals surface area contributed by atoms with E-state index >= 15 is 0 Å². The molecule has 1 aliphatic heterocycles. The molecule has 1 aliphatic carbocycles. The minimum Gasteiger partial charge on any atom is -0.379 e. The molecule has 0 radical (unpaired) electrons. The largest absolute Gasteiger partial charge is 0.379 e. The van der Waals surface area contributed by atoms with Crippen LogP contribution in [-0.2, 0) is 10.4 Å². The predicted octanol–water partition coefficient (Wildman–Crippen LogP) is 6.07. The summed E-state index contributed by atoms with van der Waals surface area (Å²) in [5.74, 6) is 0.623. The van der Waals surface area contributed by atoms with Gasteiger partial charge in [0.1, 0.15) is 5.60 Å². The minimum absolute atomic E-state index is 0.0363. The van der Waals surface area contributed by atoms with Gasteiger partial charge in [-0.15, -0.1) is 0 Å². The lowest BCUT2D eigenvalue weighted by molar-refractivity contribution is -0.118. The zero-order valence-corrected chi connectivity index (χ0v) is 20.4. The van der Waals surface area contributed by atoms with Crippen molar-refractivity contribution in [1.29, 1.82) is 0 Å². The Labute approximate surface area is 209 Å². The summed E-state index contributed by atoms with van der Waals surface area (Å²) in [6, 6.07) is 28.0. The normalized spacial score (nSPS) is 19.5. The molecule has 1 heterocycles. The molecule has 1 saturated carbocycles. The minimum atomic E-state index is -1.18. The van der Waals surface area contributed by atoms with Crippen LogP contribution in [0.25, 0.3) is 0 Å². The van der Waals surface area contributed by atoms with Crippen molar-refractivity contribution in [3.05, 3.63) is 102 Å². The maximum atomic E-state index is 13.1. The Kier molecular flexibility index (Phi) is 7.31. The highest BCUT2D eigenvalue weighted by Crippen LogP contribution is 2.40. The second-order valence-corrected chi connectivity index (χ2v) is 10.1. The topological polar surface area (TPSA) is 52.6 Å². The Morgan fingerprint density at radius 2 is 1.40 bits per heavy atom. The van der Waals surface area contributed by atoms with Crippen molar-refractivity contribution in [1.82, 2.24) is 4.90 Å². The van der Waals surface area contributed by atoms with E-state index in [-0.39, 0.29) is 18.5 Å². The van der Waals surface area contributed by atoms with Crippen molar-refractivity contribution in [2.45, 2.75) is 62.5 Å². The number of anilines is 1. The molecular formula is C31H36N2O2. The van der Waals surface area contributed by atoms with E-state index in [1.807, 2.05) is 72.8 Å². The summed E-state index contributed by atoms with van der Waals surface area (Å²) in [7, 11) is 0. The maximum Gasteiger partial charge on any atom is 0.238 e. The van der Waals surface area contributed by atoms with Gasteiger partial charge in [0.2, 0.25) is 5.91 Å². The molecule has 5 rings (SSSR count). The van der Waals surface area contributed by atoms with E-state index in [0.29, 0.717) is 5.92 Å². The van der Waals surface area contributed by atoms with E-state index in [4.69, 9.17) is 0 Å². The third kappa shape index (κ3) is 5.19. The summed E-state index contributed by atoms with van der Waals surface area (Å²) >= 11 is 0. The number of nitrogens with one attached hydrogen (secondary N) is 1. The zero-order valence-electron chi connectivity index (χ0n) is 20.4. The van der Waals surface area contributed by atoms with E-state index in [1.54, 1.807) is 0 Å². The maximum absolute atomic E-state index is 13.1. The van der Waals surface area contributed by atoms with Gasteiger partial charge in [0, 0.05) is 11.7 Å². The lowest BCUT2D eigenvalue weighted by Gasteiger charge is -2.40. The first-order valence-electron chi connectivity index (χ1n) is 13.1. The summed E-state index contributed by atoms with van der Waals surface area (Å²) in [5, 5.41) is 15.3. The highest BCUT2D eigenvalue weighted by atomic mass is 16.3. The second-order valence-electron chi connectivity index (χ2n) is 10.1. The molecule has 1 atom stereocenters. The summed E-state index contributed by atoms with van der Waals surface area (Å²) in [5.41, 5.74) is 2.77. The Morgan fingerprint density at radius 1 is 0.800 bits per heavy atom. The molecule has 4 nitrogen and oxygen atoms in total. The first-order valence-corrected chi connectivity index (χ1v) is 13.1. The van der Waals surface area contributed by atoms with Crippen LogP contribution in [0.2, 0.25) is 0 Å². The molecule has 3 aromatic carbocycles. The molecule has 4 heteroatoms. The van der Waals surface area contributed by atoms with Crippen molar-refractivity contribution < 1.29 is 9.90 Å². The van der Waals surface area contributed by atoms with E-state index in [1.165, 1.54) is 37.7 Å². The summed E-state index contributed by atoms with van der Waals surface area (Å²) in [4.78, 5) is 15.2. The molecule has 1 unspecified atom stereocenters. The standard InChI is InChI=1S/C31H36N2O2/c34-30(32-28-20-18-25(19-21-28)24-11-4-1-5-12-24)23-33-22-10-17-29(33)31(35,26-13-6-2-7-14-26)27-15-8-3-9-16-27/h2-3,6-9,13-16,18-21,24,29,35H,1,4-5,10-12,17,22-23H2,(H,32,34). The van der Waals surface area contributed by atoms with Gasteiger partial charge in [-0.05, 0) is 67.0 Å². The first-order chi connectivity index (χ1) is 17.1. The van der Waals surface area contributed by atoms with Crippen LogP contribution >= 0.6 is 0 Å². The molecule has 182 valence electrons. The van der Waals surface area contributed by atoms with Gasteiger partial charge in [-0.25, -0.2) is 0 Å². The number of nitrogens with zero attached hydrogens (tertiary/aromatic N) is 1. The van der Waals surface area contributed by atoms with Gasteiger partial charge < -0.3 is 10.4 Å². The SMILES string of the molecule is O=C(CN1CCCC1C(O)(c1ccccc1)c1ccccc1)Nc1ccc(C2CCCCC2)cc1. The molecule has 0 bridgehead atoms. The molecule has 0 aromatic heterocycles. The van der Waals surface area contributed by atoms with E-state index in [9.17, 15) is 9.90 Å². The Hall–Kier alpha value is -2.95. The molecule has 3 aromatic rings. The van der Waals surface area contributed by atoms with E-state index in [0.717, 1.165) is 36.2 Å². The average molecular weight is 469 g/mol. The van der Waals surface area contributed by atoms with Crippen LogP contribution < -0.4 is 5.32 Å². The monoisotopic (exact) mass is 468 g/mol. The van der Waals surface area contributed by atoms with Crippen LogP contribution in [-0.4, -0.2) is 35.0 Å². The lowest BCUT2D eigenvalue weighted by atomic mass is 9.79. The first kappa shape index (κ1) is 23.8. The lowest BCUT2D eigenvalue weighted by Crippen LogP contribution is -2.50. The fourth-order valence-electron chi connectivity index (χ4n) is 6.08. The predicted molar refractivity (Wildman–Crippen MR) is 141 cm³/mol. The molecule has 2 fully saturated rings. The number of amides is 1. The van der Waals surface area contributed by atoms with Gasteiger partial charge in [-0.1, -0.05) is 92.1 Å². The number of likely N-dealkylation sites (tertiary alicyclic amines) is 1. The van der Waals surface area contributed by atoms with Crippen molar-refractivity contribution in [2.24, 2.45) is 0 Å². The summed E-state index contributed by atoms with van der Waals surface area (Å²) in [6.45, 7) is 1.05. The fraction of sp³-hybridized carbons (Fsp3) is 0.387. The van der Waals surface area contributed by atoms with Crippen LogP contribution in [0.4, 0.5) is 5.69 Å². The number of rotatable bonds is 7. The van der Waals surface area contributed by atoms with Crippen LogP contribution in [0.5, 0.6) is 0 Å². The van der Waals surface area contributed by atoms with Crippen molar-refractivity contribution in [3.63, 3.8) is 0 Å². The highest BCUT2D eigenvalue weighted by molar-refractivity contribution is 5.92. The van der Waals surface area contributed by atoms with Crippen molar-refractivity contribution >= 4 is 11.6 Å². The van der Waals surface area contributed by atoms with Gasteiger partial charge >= 0.3 is 0 Å². The van der Waals surface area contributed by atoms with Gasteiger partial charge in [-0.2, -0.15) is 0 Å². The molecule has 1 saturated heterocycles. The number of hydrogen-bond donors (Lipinski definition) is 2. The third-order valence-corrected chi connectivity index (χ3v) is 7.89. The number of benzene rings is 3. The van der Waals surface area contributed by atoms with Gasteiger partial charge in [0.25, 0.3) is 0 Å². The molecule has 0 spiro atoms. The Bertz CT molecular complexity index is 1050. The summed E-state index contributed by atoms with van der Waals surface area (Å²) in [6.07, 6.45) is 8.32.